The van der Waals surface area contributed by atoms with Crippen molar-refractivity contribution in [1.29, 1.82) is 0 Å². The summed E-state index contributed by atoms with van der Waals surface area (Å²) in [5.41, 5.74) is 1.38. The van der Waals surface area contributed by atoms with Gasteiger partial charge in [0.15, 0.2) is 5.69 Å². The van der Waals surface area contributed by atoms with Crippen molar-refractivity contribution < 1.29 is 18.7 Å². The van der Waals surface area contributed by atoms with Crippen LogP contribution in [0.5, 0.6) is 0 Å². The Kier molecular flexibility index (Phi) is 5.61. The molecule has 1 heterocycles. The summed E-state index contributed by atoms with van der Waals surface area (Å²) in [5, 5.41) is 2.13. The molecule has 0 saturated carbocycles. The third-order valence-corrected chi connectivity index (χ3v) is 4.69. The second-order valence-corrected chi connectivity index (χ2v) is 6.83. The molecule has 138 valence electrons. The van der Waals surface area contributed by atoms with E-state index in [2.05, 4.69) is 4.98 Å². The van der Waals surface area contributed by atoms with E-state index in [-0.39, 0.29) is 17.4 Å². The molecule has 0 spiro atoms. The number of rotatable bonds is 5. The van der Waals surface area contributed by atoms with Gasteiger partial charge in [-0.2, -0.15) is 0 Å². The molecule has 0 aliphatic carbocycles. The Labute approximate surface area is 160 Å². The van der Waals surface area contributed by atoms with Gasteiger partial charge >= 0.3 is 5.97 Å². The number of benzene rings is 2. The zero-order chi connectivity index (χ0) is 19.4. The lowest BCUT2D eigenvalue weighted by Gasteiger charge is -2.20. The van der Waals surface area contributed by atoms with Crippen LogP contribution in [0.15, 0.2) is 60.0 Å². The number of halogens is 1. The van der Waals surface area contributed by atoms with Gasteiger partial charge in [-0.05, 0) is 24.3 Å². The van der Waals surface area contributed by atoms with Crippen LogP contribution in [0.25, 0.3) is 10.6 Å². The van der Waals surface area contributed by atoms with E-state index in [4.69, 9.17) is 4.74 Å². The Morgan fingerprint density at radius 1 is 1.07 bits per heavy atom. The average Bonchev–Trinajstić information content (AvgIpc) is 3.17. The van der Waals surface area contributed by atoms with Crippen molar-refractivity contribution in [3.05, 3.63) is 77.1 Å². The summed E-state index contributed by atoms with van der Waals surface area (Å²) in [6.07, 6.45) is -1.05. The van der Waals surface area contributed by atoms with E-state index < -0.39 is 12.1 Å². The van der Waals surface area contributed by atoms with Crippen LogP contribution in [0.1, 0.15) is 22.2 Å². The summed E-state index contributed by atoms with van der Waals surface area (Å²) >= 11 is 1.24. The van der Waals surface area contributed by atoms with E-state index in [0.29, 0.717) is 16.1 Å². The number of thiazole rings is 1. The summed E-state index contributed by atoms with van der Waals surface area (Å²) in [4.78, 5) is 30.6. The van der Waals surface area contributed by atoms with Crippen molar-refractivity contribution in [2.75, 3.05) is 14.1 Å². The molecule has 0 saturated heterocycles. The first-order chi connectivity index (χ1) is 13.0. The fourth-order valence-electron chi connectivity index (χ4n) is 2.38. The number of ether oxygens (including phenoxy) is 1. The monoisotopic (exact) mass is 384 g/mol. The number of likely N-dealkylation sites (N-methyl/N-ethyl adjacent to an activating group) is 1. The van der Waals surface area contributed by atoms with Crippen molar-refractivity contribution in [2.45, 2.75) is 6.10 Å². The topological polar surface area (TPSA) is 59.5 Å². The van der Waals surface area contributed by atoms with E-state index in [9.17, 15) is 14.0 Å². The highest BCUT2D eigenvalue weighted by Crippen LogP contribution is 2.26. The molecule has 3 rings (SSSR count). The molecule has 27 heavy (non-hydrogen) atoms. The molecule has 1 aromatic heterocycles. The van der Waals surface area contributed by atoms with Crippen LogP contribution in [-0.2, 0) is 9.53 Å². The zero-order valence-corrected chi connectivity index (χ0v) is 15.6. The van der Waals surface area contributed by atoms with E-state index in [1.54, 1.807) is 55.9 Å². The molecule has 0 aliphatic rings. The second kappa shape index (κ2) is 8.09. The summed E-state index contributed by atoms with van der Waals surface area (Å²) < 4.78 is 18.5. The molecular formula is C20H17FN2O3S. The number of hydrogen-bond acceptors (Lipinski definition) is 5. The van der Waals surface area contributed by atoms with Gasteiger partial charge in [0.05, 0.1) is 0 Å². The van der Waals surface area contributed by atoms with Gasteiger partial charge in [-0.1, -0.05) is 30.3 Å². The fourth-order valence-corrected chi connectivity index (χ4v) is 3.18. The lowest BCUT2D eigenvalue weighted by molar-refractivity contribution is -0.138. The molecular weight excluding hydrogens is 367 g/mol. The summed E-state index contributed by atoms with van der Waals surface area (Å²) in [6.45, 7) is 0. The van der Waals surface area contributed by atoms with Gasteiger partial charge in [-0.3, -0.25) is 4.79 Å². The van der Waals surface area contributed by atoms with Crippen LogP contribution < -0.4 is 0 Å². The van der Waals surface area contributed by atoms with Crippen LogP contribution in [0.2, 0.25) is 0 Å². The number of carbonyl (C=O) groups excluding carboxylic acids is 2. The number of amides is 1. The van der Waals surface area contributed by atoms with Crippen molar-refractivity contribution in [3.63, 3.8) is 0 Å². The summed E-state index contributed by atoms with van der Waals surface area (Å²) in [5.74, 6) is -1.38. The molecule has 3 aromatic rings. The third-order valence-electron chi connectivity index (χ3n) is 3.80. The van der Waals surface area contributed by atoms with Gasteiger partial charge in [-0.15, -0.1) is 11.3 Å². The number of aromatic nitrogens is 1. The first-order valence-electron chi connectivity index (χ1n) is 8.14. The standard InChI is InChI=1S/C20H17FN2O3S/c1-23(2)19(24)17(13-6-4-3-5-7-13)26-20(25)16-12-27-18(22-16)14-8-10-15(21)11-9-14/h3-12,17H,1-2H3/t17-/m1/s1. The van der Waals surface area contributed by atoms with E-state index in [0.717, 1.165) is 0 Å². The Hall–Kier alpha value is -3.06. The van der Waals surface area contributed by atoms with Crippen LogP contribution in [0.4, 0.5) is 4.39 Å². The van der Waals surface area contributed by atoms with E-state index in [1.807, 2.05) is 6.07 Å². The Balaban J connectivity index is 1.82. The largest absolute Gasteiger partial charge is 0.443 e. The zero-order valence-electron chi connectivity index (χ0n) is 14.8. The highest BCUT2D eigenvalue weighted by atomic mass is 32.1. The van der Waals surface area contributed by atoms with Gasteiger partial charge in [0.2, 0.25) is 6.10 Å². The van der Waals surface area contributed by atoms with Crippen LogP contribution in [0, 0.1) is 5.82 Å². The molecule has 0 aliphatic heterocycles. The van der Waals surface area contributed by atoms with Crippen LogP contribution in [0.3, 0.4) is 0 Å². The maximum Gasteiger partial charge on any atom is 0.358 e. The minimum absolute atomic E-state index is 0.104. The molecule has 5 nitrogen and oxygen atoms in total. The number of esters is 1. The van der Waals surface area contributed by atoms with Crippen LogP contribution in [-0.4, -0.2) is 35.9 Å². The maximum absolute atomic E-state index is 13.1. The molecule has 0 fully saturated rings. The third kappa shape index (κ3) is 4.38. The van der Waals surface area contributed by atoms with Crippen molar-refractivity contribution >= 4 is 23.2 Å². The number of hydrogen-bond donors (Lipinski definition) is 0. The molecule has 7 heteroatoms. The Morgan fingerprint density at radius 2 is 1.74 bits per heavy atom. The highest BCUT2D eigenvalue weighted by molar-refractivity contribution is 7.13. The van der Waals surface area contributed by atoms with Gasteiger partial charge in [0.25, 0.3) is 5.91 Å². The Bertz CT molecular complexity index is 939. The van der Waals surface area contributed by atoms with Gasteiger partial charge < -0.3 is 9.64 Å². The summed E-state index contributed by atoms with van der Waals surface area (Å²) in [6, 6.07) is 14.7. The summed E-state index contributed by atoms with van der Waals surface area (Å²) in [7, 11) is 3.20. The van der Waals surface area contributed by atoms with Crippen molar-refractivity contribution in [2.24, 2.45) is 0 Å². The molecule has 0 bridgehead atoms. The normalized spacial score (nSPS) is 11.7. The predicted octanol–water partition coefficient (Wildman–Crippen LogP) is 3.94. The minimum Gasteiger partial charge on any atom is -0.443 e. The van der Waals surface area contributed by atoms with Crippen LogP contribution >= 0.6 is 11.3 Å². The predicted molar refractivity (Wildman–Crippen MR) is 101 cm³/mol. The SMILES string of the molecule is CN(C)C(=O)[C@H](OC(=O)c1csc(-c2ccc(F)cc2)n1)c1ccccc1. The highest BCUT2D eigenvalue weighted by Gasteiger charge is 2.28. The van der Waals surface area contributed by atoms with E-state index >= 15 is 0 Å². The molecule has 1 amide bonds. The molecule has 1 atom stereocenters. The molecule has 2 aromatic carbocycles. The molecule has 0 unspecified atom stereocenters. The first-order valence-corrected chi connectivity index (χ1v) is 9.02. The first kappa shape index (κ1) is 18.7. The maximum atomic E-state index is 13.1. The Morgan fingerprint density at radius 3 is 2.37 bits per heavy atom. The minimum atomic E-state index is -1.05. The van der Waals surface area contributed by atoms with Gasteiger partial charge in [-0.25, -0.2) is 14.2 Å². The lowest BCUT2D eigenvalue weighted by Crippen LogP contribution is -2.31. The van der Waals surface area contributed by atoms with E-state index in [1.165, 1.54) is 28.4 Å². The quantitative estimate of drug-likeness (QED) is 0.626. The molecule has 0 N–H and O–H groups in total. The van der Waals surface area contributed by atoms with Gasteiger partial charge in [0.1, 0.15) is 10.8 Å². The lowest BCUT2D eigenvalue weighted by atomic mass is 10.1. The van der Waals surface area contributed by atoms with Crippen molar-refractivity contribution in [3.8, 4) is 10.6 Å². The number of nitrogens with zero attached hydrogens (tertiary/aromatic N) is 2. The second-order valence-electron chi connectivity index (χ2n) is 5.97. The van der Waals surface area contributed by atoms with Crippen molar-refractivity contribution in [1.82, 2.24) is 9.88 Å². The fraction of sp³-hybridized carbons (Fsp3) is 0.150. The number of carbonyl (C=O) groups is 2. The average molecular weight is 384 g/mol. The van der Waals surface area contributed by atoms with Gasteiger partial charge in [0, 0.05) is 30.6 Å². The molecule has 0 radical (unpaired) electrons. The smallest absolute Gasteiger partial charge is 0.358 e.